The van der Waals surface area contributed by atoms with Gasteiger partial charge in [-0.15, -0.1) is 0 Å². The molecule has 10 heteroatoms. The third-order valence-corrected chi connectivity index (χ3v) is 4.67. The number of halogens is 1. The lowest BCUT2D eigenvalue weighted by molar-refractivity contribution is -0.144. The topological polar surface area (TPSA) is 122 Å². The van der Waals surface area contributed by atoms with Crippen LogP contribution in [0, 0.1) is 0 Å². The summed E-state index contributed by atoms with van der Waals surface area (Å²) in [7, 11) is 0. The zero-order chi connectivity index (χ0) is 23.4. The number of nitrogens with one attached hydrogen (secondary N) is 1. The number of carbonyl (C=O) groups is 4. The zero-order valence-corrected chi connectivity index (χ0v) is 17.9. The average molecular weight is 459 g/mol. The second kappa shape index (κ2) is 9.52. The minimum absolute atomic E-state index is 0.196. The number of nitrogens with zero attached hydrogens (tertiary/aromatic N) is 1. The van der Waals surface area contributed by atoms with Gasteiger partial charge in [0, 0.05) is 5.02 Å². The number of barbiturate groups is 1. The number of anilines is 1. The molecule has 0 bridgehead atoms. The van der Waals surface area contributed by atoms with Crippen molar-refractivity contribution in [3.05, 3.63) is 58.6 Å². The Bertz CT molecular complexity index is 1110. The highest BCUT2D eigenvalue weighted by Crippen LogP contribution is 2.31. The first-order valence-corrected chi connectivity index (χ1v) is 9.92. The smallest absolute Gasteiger partial charge is 0.344 e. The van der Waals surface area contributed by atoms with E-state index < -0.39 is 29.9 Å². The van der Waals surface area contributed by atoms with Gasteiger partial charge in [-0.2, -0.15) is 0 Å². The summed E-state index contributed by atoms with van der Waals surface area (Å²) >= 11 is 5.86. The van der Waals surface area contributed by atoms with Gasteiger partial charge in [0.15, 0.2) is 17.6 Å². The summed E-state index contributed by atoms with van der Waals surface area (Å²) in [5.74, 6) is -2.36. The maximum atomic E-state index is 13.0. The van der Waals surface area contributed by atoms with E-state index in [0.29, 0.717) is 10.6 Å². The van der Waals surface area contributed by atoms with Crippen molar-refractivity contribution >= 4 is 47.2 Å². The van der Waals surface area contributed by atoms with Crippen LogP contribution in [-0.2, 0) is 14.4 Å². The second-order valence-electron chi connectivity index (χ2n) is 6.67. The monoisotopic (exact) mass is 458 g/mol. The van der Waals surface area contributed by atoms with Gasteiger partial charge in [0.25, 0.3) is 11.8 Å². The van der Waals surface area contributed by atoms with E-state index in [4.69, 9.17) is 26.2 Å². The Balaban J connectivity index is 1.96. The lowest BCUT2D eigenvalue weighted by Crippen LogP contribution is -2.54. The Morgan fingerprint density at radius 1 is 1.16 bits per heavy atom. The molecule has 166 valence electrons. The van der Waals surface area contributed by atoms with Crippen LogP contribution >= 0.6 is 11.6 Å². The molecule has 0 spiro atoms. The Hall–Kier alpha value is -3.85. The quantitative estimate of drug-likeness (QED) is 0.482. The number of carbonyl (C=O) groups excluding carboxylic acids is 3. The normalized spacial score (nSPS) is 16.0. The van der Waals surface area contributed by atoms with E-state index in [1.807, 2.05) is 0 Å². The first-order valence-electron chi connectivity index (χ1n) is 9.54. The fourth-order valence-corrected chi connectivity index (χ4v) is 3.00. The first-order chi connectivity index (χ1) is 15.2. The van der Waals surface area contributed by atoms with Crippen LogP contribution in [0.2, 0.25) is 5.02 Å². The minimum atomic E-state index is -1.14. The molecule has 2 aromatic rings. The van der Waals surface area contributed by atoms with Gasteiger partial charge < -0.3 is 14.6 Å². The van der Waals surface area contributed by atoms with E-state index in [9.17, 15) is 19.2 Å². The van der Waals surface area contributed by atoms with E-state index in [0.717, 1.165) is 4.90 Å². The summed E-state index contributed by atoms with van der Waals surface area (Å²) in [4.78, 5) is 49.5. The number of imide groups is 2. The molecule has 0 aliphatic carbocycles. The number of carboxylic acids is 1. The number of carboxylic acid groups (broad SMARTS) is 1. The number of urea groups is 1. The molecule has 0 aromatic heterocycles. The van der Waals surface area contributed by atoms with E-state index in [1.165, 1.54) is 55.5 Å². The number of benzene rings is 2. The van der Waals surface area contributed by atoms with Gasteiger partial charge in [0.05, 0.1) is 12.3 Å². The van der Waals surface area contributed by atoms with Gasteiger partial charge in [-0.1, -0.05) is 17.7 Å². The largest absolute Gasteiger partial charge is 0.490 e. The van der Waals surface area contributed by atoms with E-state index in [-0.39, 0.29) is 29.4 Å². The van der Waals surface area contributed by atoms with Crippen LogP contribution in [-0.4, -0.2) is 41.6 Å². The van der Waals surface area contributed by atoms with Gasteiger partial charge in [-0.3, -0.25) is 14.9 Å². The van der Waals surface area contributed by atoms with Gasteiger partial charge in [-0.25, -0.2) is 14.5 Å². The number of ether oxygens (including phenoxy) is 2. The van der Waals surface area contributed by atoms with Crippen molar-refractivity contribution in [3.63, 3.8) is 0 Å². The molecule has 3 rings (SSSR count). The number of hydrogen-bond acceptors (Lipinski definition) is 6. The fraction of sp³-hybridized carbons (Fsp3) is 0.182. The number of aliphatic carboxylic acids is 1. The second-order valence-corrected chi connectivity index (χ2v) is 7.11. The molecule has 1 heterocycles. The Labute approximate surface area is 188 Å². The van der Waals surface area contributed by atoms with Gasteiger partial charge in [0.2, 0.25) is 0 Å². The minimum Gasteiger partial charge on any atom is -0.490 e. The standard InChI is InChI=1S/C22H19ClN2O7/c1-3-31-18-11-13(4-9-17(18)32-12(2)21(28)29)10-16-19(26)24-22(30)25(20(16)27)15-7-5-14(23)6-8-15/h4-12H,3H2,1-2H3,(H,28,29)(H,24,26,30)/b16-10-/t12-/m0/s1. The van der Waals surface area contributed by atoms with Crippen LogP contribution in [0.15, 0.2) is 48.0 Å². The van der Waals surface area contributed by atoms with Gasteiger partial charge >= 0.3 is 12.0 Å². The summed E-state index contributed by atoms with van der Waals surface area (Å²) in [6, 6.07) is 9.63. The maximum absolute atomic E-state index is 13.0. The molecule has 1 saturated heterocycles. The lowest BCUT2D eigenvalue weighted by atomic mass is 10.1. The lowest BCUT2D eigenvalue weighted by Gasteiger charge is -2.26. The van der Waals surface area contributed by atoms with E-state index >= 15 is 0 Å². The van der Waals surface area contributed by atoms with Crippen molar-refractivity contribution in [2.24, 2.45) is 0 Å². The molecular weight excluding hydrogens is 440 g/mol. The number of rotatable bonds is 7. The summed E-state index contributed by atoms with van der Waals surface area (Å²) in [6.45, 7) is 3.39. The first kappa shape index (κ1) is 22.8. The highest BCUT2D eigenvalue weighted by atomic mass is 35.5. The molecular formula is C22H19ClN2O7. The van der Waals surface area contributed by atoms with E-state index in [1.54, 1.807) is 6.92 Å². The molecule has 9 nitrogen and oxygen atoms in total. The summed E-state index contributed by atoms with van der Waals surface area (Å²) in [6.07, 6.45) is 0.197. The van der Waals surface area contributed by atoms with Gasteiger partial charge in [-0.05, 0) is 61.9 Å². The van der Waals surface area contributed by atoms with Crippen LogP contribution < -0.4 is 19.7 Å². The predicted octanol–water partition coefficient (Wildman–Crippen LogP) is 3.26. The molecule has 1 aliphatic rings. The zero-order valence-electron chi connectivity index (χ0n) is 17.1. The van der Waals surface area contributed by atoms with Crippen molar-refractivity contribution in [2.75, 3.05) is 11.5 Å². The number of amides is 4. The molecule has 32 heavy (non-hydrogen) atoms. The summed E-state index contributed by atoms with van der Waals surface area (Å²) in [5, 5.41) is 11.6. The highest BCUT2D eigenvalue weighted by molar-refractivity contribution is 6.39. The van der Waals surface area contributed by atoms with Crippen molar-refractivity contribution in [2.45, 2.75) is 20.0 Å². The Morgan fingerprint density at radius 3 is 2.47 bits per heavy atom. The molecule has 1 aliphatic heterocycles. The van der Waals surface area contributed by atoms with Crippen molar-refractivity contribution in [3.8, 4) is 11.5 Å². The molecule has 1 fully saturated rings. The van der Waals surface area contributed by atoms with Crippen LogP contribution in [0.4, 0.5) is 10.5 Å². The van der Waals surface area contributed by atoms with Crippen molar-refractivity contribution in [1.29, 1.82) is 0 Å². The van der Waals surface area contributed by atoms with E-state index in [2.05, 4.69) is 5.32 Å². The third kappa shape index (κ3) is 4.89. The van der Waals surface area contributed by atoms with Crippen molar-refractivity contribution < 1.29 is 33.8 Å². The highest BCUT2D eigenvalue weighted by Gasteiger charge is 2.36. The molecule has 0 unspecified atom stereocenters. The van der Waals surface area contributed by atoms with Crippen LogP contribution in [0.5, 0.6) is 11.5 Å². The average Bonchev–Trinajstić information content (AvgIpc) is 2.74. The molecule has 0 radical (unpaired) electrons. The molecule has 2 aromatic carbocycles. The van der Waals surface area contributed by atoms with Crippen LogP contribution in [0.25, 0.3) is 6.08 Å². The maximum Gasteiger partial charge on any atom is 0.344 e. The Kier molecular flexibility index (Phi) is 6.79. The SMILES string of the molecule is CCOc1cc(/C=C2/C(=O)NC(=O)N(c3ccc(Cl)cc3)C2=O)ccc1O[C@@H](C)C(=O)O. The van der Waals surface area contributed by atoms with Crippen LogP contribution in [0.3, 0.4) is 0 Å². The summed E-state index contributed by atoms with van der Waals surface area (Å²) in [5.41, 5.74) is 0.388. The number of hydrogen-bond donors (Lipinski definition) is 2. The molecule has 4 amide bonds. The molecule has 0 saturated carbocycles. The van der Waals surface area contributed by atoms with Crippen LogP contribution in [0.1, 0.15) is 19.4 Å². The Morgan fingerprint density at radius 2 is 1.84 bits per heavy atom. The molecule has 1 atom stereocenters. The molecule has 2 N–H and O–H groups in total. The predicted molar refractivity (Wildman–Crippen MR) is 116 cm³/mol. The fourth-order valence-electron chi connectivity index (χ4n) is 2.87. The van der Waals surface area contributed by atoms with Gasteiger partial charge in [0.1, 0.15) is 5.57 Å². The summed E-state index contributed by atoms with van der Waals surface area (Å²) < 4.78 is 10.9. The third-order valence-electron chi connectivity index (χ3n) is 4.42. The van der Waals surface area contributed by atoms with Crippen molar-refractivity contribution in [1.82, 2.24) is 5.32 Å².